The number of carbonyl (C=O) groups excluding carboxylic acids is 1. The average Bonchev–Trinajstić information content (AvgIpc) is 3.00. The van der Waals surface area contributed by atoms with Gasteiger partial charge in [0.05, 0.1) is 11.2 Å². The number of halogens is 1. The topological polar surface area (TPSA) is 71.3 Å². The highest BCUT2D eigenvalue weighted by molar-refractivity contribution is 9.10. The summed E-state index contributed by atoms with van der Waals surface area (Å²) >= 11 is 3.35. The first kappa shape index (κ1) is 15.0. The van der Waals surface area contributed by atoms with Crippen molar-refractivity contribution in [1.29, 1.82) is 0 Å². The summed E-state index contributed by atoms with van der Waals surface area (Å²) in [5.74, 6) is -0.882. The fourth-order valence-electron chi connectivity index (χ4n) is 3.17. The minimum atomic E-state index is -0.618. The van der Waals surface area contributed by atoms with E-state index in [0.717, 1.165) is 17.5 Å². The van der Waals surface area contributed by atoms with Crippen LogP contribution in [0.15, 0.2) is 51.7 Å². The van der Waals surface area contributed by atoms with Crippen LogP contribution in [-0.4, -0.2) is 15.6 Å². The van der Waals surface area contributed by atoms with E-state index in [4.69, 9.17) is 0 Å². The Bertz CT molecular complexity index is 1060. The lowest BCUT2D eigenvalue weighted by Crippen LogP contribution is -2.28. The van der Waals surface area contributed by atoms with Gasteiger partial charge >= 0.3 is 0 Å². The Kier molecular flexibility index (Phi) is 3.42. The molecule has 120 valence electrons. The molecule has 4 rings (SSSR count). The third kappa shape index (κ3) is 2.14. The molecule has 0 atom stereocenters. The zero-order valence-electron chi connectivity index (χ0n) is 12.5. The van der Waals surface area contributed by atoms with Crippen molar-refractivity contribution in [3.8, 4) is 5.75 Å². The Morgan fingerprint density at radius 3 is 2.75 bits per heavy atom. The summed E-state index contributed by atoms with van der Waals surface area (Å²) in [5, 5.41) is 13.8. The predicted octanol–water partition coefficient (Wildman–Crippen LogP) is 3.28. The summed E-state index contributed by atoms with van der Waals surface area (Å²) in [6, 6.07) is 12.6. The smallest absolute Gasteiger partial charge is 0.267 e. The zero-order chi connectivity index (χ0) is 16.8. The number of anilines is 1. The molecule has 2 aromatic carbocycles. The monoisotopic (exact) mass is 384 g/mol. The van der Waals surface area contributed by atoms with Crippen LogP contribution < -0.4 is 10.9 Å². The fourth-order valence-corrected chi connectivity index (χ4v) is 3.56. The number of para-hydroxylation sites is 2. The Labute approximate surface area is 145 Å². The third-order valence-electron chi connectivity index (χ3n) is 4.29. The molecule has 1 aromatic heterocycles. The van der Waals surface area contributed by atoms with E-state index in [0.29, 0.717) is 22.1 Å². The summed E-state index contributed by atoms with van der Waals surface area (Å²) in [5.41, 5.74) is 1.58. The number of pyridine rings is 1. The van der Waals surface area contributed by atoms with Crippen LogP contribution >= 0.6 is 15.9 Å². The quantitative estimate of drug-likeness (QED) is 0.711. The number of aromatic hydroxyl groups is 1. The van der Waals surface area contributed by atoms with E-state index in [1.165, 1.54) is 0 Å². The van der Waals surface area contributed by atoms with E-state index in [2.05, 4.69) is 21.2 Å². The van der Waals surface area contributed by atoms with Gasteiger partial charge < -0.3 is 15.0 Å². The second-order valence-corrected chi connectivity index (χ2v) is 6.53. The largest absolute Gasteiger partial charge is 0.506 e. The van der Waals surface area contributed by atoms with Crippen molar-refractivity contribution >= 4 is 38.4 Å². The van der Waals surface area contributed by atoms with Crippen LogP contribution in [0.5, 0.6) is 5.75 Å². The van der Waals surface area contributed by atoms with E-state index in [-0.39, 0.29) is 11.3 Å². The molecular formula is C18H13BrN2O3. The Morgan fingerprint density at radius 2 is 1.96 bits per heavy atom. The minimum absolute atomic E-state index is 0.225. The molecule has 0 fully saturated rings. The van der Waals surface area contributed by atoms with Gasteiger partial charge in [-0.15, -0.1) is 0 Å². The molecule has 0 saturated carbocycles. The Balaban J connectivity index is 1.88. The lowest BCUT2D eigenvalue weighted by Gasteiger charge is -2.12. The number of amides is 1. The zero-order valence-corrected chi connectivity index (χ0v) is 14.1. The van der Waals surface area contributed by atoms with E-state index in [9.17, 15) is 14.7 Å². The number of hydrogen-bond acceptors (Lipinski definition) is 3. The van der Waals surface area contributed by atoms with Gasteiger partial charge in [-0.3, -0.25) is 9.59 Å². The van der Waals surface area contributed by atoms with Crippen LogP contribution in [0.4, 0.5) is 5.69 Å². The average molecular weight is 385 g/mol. The molecule has 1 aliphatic rings. The lowest BCUT2D eigenvalue weighted by molar-refractivity contribution is 0.102. The van der Waals surface area contributed by atoms with Gasteiger partial charge in [-0.1, -0.05) is 24.3 Å². The fraction of sp³-hybridized carbons (Fsp3) is 0.111. The van der Waals surface area contributed by atoms with Crippen molar-refractivity contribution in [2.45, 2.75) is 13.0 Å². The van der Waals surface area contributed by atoms with Crippen LogP contribution in [0.2, 0.25) is 0 Å². The number of rotatable bonds is 2. The standard InChI is InChI=1S/C18H13BrN2O3/c19-12-6-1-2-7-13(12)20-17(23)14-16(22)11-5-3-4-10-8-9-21(15(10)11)18(14)24/h1-7,22H,8-9H2,(H,20,23). The summed E-state index contributed by atoms with van der Waals surface area (Å²) in [7, 11) is 0. The van der Waals surface area contributed by atoms with Crippen molar-refractivity contribution in [1.82, 2.24) is 4.57 Å². The number of nitrogens with one attached hydrogen (secondary N) is 1. The van der Waals surface area contributed by atoms with Crippen molar-refractivity contribution in [2.24, 2.45) is 0 Å². The molecule has 0 radical (unpaired) electrons. The lowest BCUT2D eigenvalue weighted by atomic mass is 10.1. The maximum atomic E-state index is 12.7. The molecule has 1 aliphatic heterocycles. The predicted molar refractivity (Wildman–Crippen MR) is 95.7 cm³/mol. The second kappa shape index (κ2) is 5.49. The summed E-state index contributed by atoms with van der Waals surface area (Å²) < 4.78 is 2.27. The SMILES string of the molecule is O=C(Nc1ccccc1Br)c1c(O)c2cccc3c2n(c1=O)CC3. The highest BCUT2D eigenvalue weighted by atomic mass is 79.9. The van der Waals surface area contributed by atoms with E-state index in [1.807, 2.05) is 18.2 Å². The van der Waals surface area contributed by atoms with Gasteiger partial charge in [-0.05, 0) is 46.1 Å². The molecular weight excluding hydrogens is 372 g/mol. The first-order valence-corrected chi connectivity index (χ1v) is 8.30. The highest BCUT2D eigenvalue weighted by Crippen LogP contribution is 2.32. The van der Waals surface area contributed by atoms with Gasteiger partial charge in [0.25, 0.3) is 11.5 Å². The normalized spacial score (nSPS) is 12.5. The molecule has 3 aromatic rings. The first-order valence-electron chi connectivity index (χ1n) is 7.51. The van der Waals surface area contributed by atoms with Crippen LogP contribution in [0.1, 0.15) is 15.9 Å². The van der Waals surface area contributed by atoms with Gasteiger partial charge in [0.2, 0.25) is 0 Å². The molecule has 24 heavy (non-hydrogen) atoms. The number of aryl methyl sites for hydroxylation is 2. The first-order chi connectivity index (χ1) is 11.6. The Morgan fingerprint density at radius 1 is 1.17 bits per heavy atom. The van der Waals surface area contributed by atoms with E-state index in [1.54, 1.807) is 28.8 Å². The summed E-state index contributed by atoms with van der Waals surface area (Å²) in [6.45, 7) is 0.518. The summed E-state index contributed by atoms with van der Waals surface area (Å²) in [6.07, 6.45) is 0.724. The van der Waals surface area contributed by atoms with Crippen molar-refractivity contribution in [3.63, 3.8) is 0 Å². The maximum Gasteiger partial charge on any atom is 0.267 e. The molecule has 2 heterocycles. The molecule has 0 aliphatic carbocycles. The van der Waals surface area contributed by atoms with E-state index < -0.39 is 11.5 Å². The van der Waals surface area contributed by atoms with Gasteiger partial charge in [0, 0.05) is 16.4 Å². The van der Waals surface area contributed by atoms with Crippen LogP contribution in [0.3, 0.4) is 0 Å². The third-order valence-corrected chi connectivity index (χ3v) is 4.99. The van der Waals surface area contributed by atoms with Gasteiger partial charge in [-0.2, -0.15) is 0 Å². The summed E-state index contributed by atoms with van der Waals surface area (Å²) in [4.78, 5) is 25.3. The highest BCUT2D eigenvalue weighted by Gasteiger charge is 2.26. The number of hydrogen-bond donors (Lipinski definition) is 2. The Hall–Kier alpha value is -2.60. The van der Waals surface area contributed by atoms with Crippen LogP contribution in [0.25, 0.3) is 10.9 Å². The second-order valence-electron chi connectivity index (χ2n) is 5.68. The number of aromatic nitrogens is 1. The van der Waals surface area contributed by atoms with Crippen molar-refractivity contribution in [2.75, 3.05) is 5.32 Å². The van der Waals surface area contributed by atoms with Crippen LogP contribution in [-0.2, 0) is 13.0 Å². The van der Waals surface area contributed by atoms with Crippen molar-refractivity contribution < 1.29 is 9.90 Å². The van der Waals surface area contributed by atoms with Gasteiger partial charge in [0.15, 0.2) is 0 Å². The van der Waals surface area contributed by atoms with Crippen molar-refractivity contribution in [3.05, 3.63) is 68.4 Å². The van der Waals surface area contributed by atoms with E-state index >= 15 is 0 Å². The molecule has 0 spiro atoms. The minimum Gasteiger partial charge on any atom is -0.506 e. The molecule has 5 nitrogen and oxygen atoms in total. The van der Waals surface area contributed by atoms with Crippen LogP contribution in [0, 0.1) is 0 Å². The van der Waals surface area contributed by atoms with Gasteiger partial charge in [-0.25, -0.2) is 0 Å². The molecule has 6 heteroatoms. The molecule has 0 bridgehead atoms. The maximum absolute atomic E-state index is 12.7. The molecule has 0 saturated heterocycles. The van der Waals surface area contributed by atoms with Gasteiger partial charge in [0.1, 0.15) is 11.3 Å². The number of carbonyl (C=O) groups is 1. The molecule has 2 N–H and O–H groups in total. The number of nitrogens with zero attached hydrogens (tertiary/aromatic N) is 1. The molecule has 1 amide bonds. The molecule has 0 unspecified atom stereocenters. The number of benzene rings is 2.